The summed E-state index contributed by atoms with van der Waals surface area (Å²) >= 11 is 0. The van der Waals surface area contributed by atoms with Crippen molar-refractivity contribution in [3.8, 4) is 11.1 Å². The number of rotatable bonds is 13. The van der Waals surface area contributed by atoms with Crippen LogP contribution in [0.1, 0.15) is 75.2 Å². The van der Waals surface area contributed by atoms with Crippen molar-refractivity contribution in [2.24, 2.45) is 11.8 Å². The molecule has 1 aliphatic rings. The Morgan fingerprint density at radius 2 is 1.73 bits per heavy atom. The van der Waals surface area contributed by atoms with Crippen LogP contribution < -0.4 is 0 Å². The number of furan rings is 1. The fourth-order valence-corrected chi connectivity index (χ4v) is 5.86. The van der Waals surface area contributed by atoms with Crippen LogP contribution in [0.3, 0.4) is 0 Å². The zero-order valence-corrected chi connectivity index (χ0v) is 24.6. The normalized spacial score (nSPS) is 18.5. The van der Waals surface area contributed by atoms with Crippen molar-refractivity contribution in [3.05, 3.63) is 83.3 Å². The molecule has 1 aromatic heterocycles. The van der Waals surface area contributed by atoms with Gasteiger partial charge in [-0.2, -0.15) is 0 Å². The summed E-state index contributed by atoms with van der Waals surface area (Å²) < 4.78 is 11.8. The van der Waals surface area contributed by atoms with Crippen LogP contribution in [-0.4, -0.2) is 45.9 Å². The summed E-state index contributed by atoms with van der Waals surface area (Å²) in [6, 6.07) is 19.1. The molecule has 2 aromatic carbocycles. The summed E-state index contributed by atoms with van der Waals surface area (Å²) in [5.41, 5.74) is 3.87. The number of imide groups is 1. The van der Waals surface area contributed by atoms with Crippen LogP contribution in [0.5, 0.6) is 0 Å². The predicted molar refractivity (Wildman–Crippen MR) is 158 cm³/mol. The Hall–Kier alpha value is -3.42. The van der Waals surface area contributed by atoms with Gasteiger partial charge < -0.3 is 19.4 Å². The number of carbonyl (C=O) groups excluding carboxylic acids is 2. The average Bonchev–Trinajstić information content (AvgIpc) is 3.51. The van der Waals surface area contributed by atoms with E-state index in [0.717, 1.165) is 53.7 Å². The van der Waals surface area contributed by atoms with Crippen LogP contribution in [0.25, 0.3) is 11.1 Å². The van der Waals surface area contributed by atoms with E-state index in [1.807, 2.05) is 75.4 Å². The van der Waals surface area contributed by atoms with Gasteiger partial charge >= 0.3 is 6.09 Å². The third kappa shape index (κ3) is 7.27. The molecule has 0 radical (unpaired) electrons. The summed E-state index contributed by atoms with van der Waals surface area (Å²) in [7, 11) is 0. The Morgan fingerprint density at radius 1 is 1.00 bits per heavy atom. The molecular weight excluding hydrogens is 518 g/mol. The number of cyclic esters (lactones) is 1. The van der Waals surface area contributed by atoms with Crippen molar-refractivity contribution in [1.82, 2.24) is 4.90 Å². The first-order chi connectivity index (χ1) is 19.7. The Morgan fingerprint density at radius 3 is 2.41 bits per heavy atom. The van der Waals surface area contributed by atoms with Crippen LogP contribution in [0.2, 0.25) is 0 Å². The fourth-order valence-electron chi connectivity index (χ4n) is 5.86. The number of nitrogens with zero attached hydrogens (tertiary/aromatic N) is 1. The molecule has 3 aromatic rings. The highest BCUT2D eigenvalue weighted by Gasteiger charge is 2.48. The Balaban J connectivity index is 1.70. The van der Waals surface area contributed by atoms with E-state index in [1.54, 1.807) is 6.92 Å². The summed E-state index contributed by atoms with van der Waals surface area (Å²) in [6.07, 6.45) is 2.06. The Kier molecular flexibility index (Phi) is 10.4. The SMILES string of the molecule is Cc1cccc(-c2cc([C@H](O)[C@H](Cc3ccccc3)C(=O)N3C(=O)O[C@H](C)[C@@H]3C(C)C)oc2CCCCCCO)c1. The van der Waals surface area contributed by atoms with E-state index in [1.165, 1.54) is 4.90 Å². The van der Waals surface area contributed by atoms with Gasteiger partial charge in [-0.1, -0.05) is 86.8 Å². The number of benzene rings is 2. The molecule has 0 spiro atoms. The second kappa shape index (κ2) is 14.0. The average molecular weight is 562 g/mol. The highest BCUT2D eigenvalue weighted by atomic mass is 16.6. The van der Waals surface area contributed by atoms with Crippen LogP contribution >= 0.6 is 0 Å². The Bertz CT molecular complexity index is 1300. The largest absolute Gasteiger partial charge is 0.463 e. The van der Waals surface area contributed by atoms with E-state index < -0.39 is 36.2 Å². The number of carbonyl (C=O) groups is 2. The zero-order chi connectivity index (χ0) is 29.5. The second-order valence-electron chi connectivity index (χ2n) is 11.5. The molecule has 1 fully saturated rings. The van der Waals surface area contributed by atoms with Gasteiger partial charge in [0.15, 0.2) is 0 Å². The van der Waals surface area contributed by atoms with E-state index in [-0.39, 0.29) is 18.9 Å². The maximum absolute atomic E-state index is 14.1. The number of ether oxygens (including phenoxy) is 1. The van der Waals surface area contributed by atoms with Crippen molar-refractivity contribution >= 4 is 12.0 Å². The highest BCUT2D eigenvalue weighted by Crippen LogP contribution is 2.37. The number of amides is 2. The third-order valence-electron chi connectivity index (χ3n) is 7.94. The van der Waals surface area contributed by atoms with Crippen molar-refractivity contribution in [3.63, 3.8) is 0 Å². The van der Waals surface area contributed by atoms with Crippen molar-refractivity contribution < 1.29 is 29.0 Å². The number of aliphatic hydroxyl groups excluding tert-OH is 2. The van der Waals surface area contributed by atoms with Crippen LogP contribution in [-0.2, 0) is 22.4 Å². The van der Waals surface area contributed by atoms with Gasteiger partial charge in [0.2, 0.25) is 5.91 Å². The molecular formula is C34H43NO6. The fraction of sp³-hybridized carbons (Fsp3) is 0.471. The first-order valence-electron chi connectivity index (χ1n) is 14.8. The molecule has 2 amide bonds. The van der Waals surface area contributed by atoms with Gasteiger partial charge in [0.1, 0.15) is 23.7 Å². The van der Waals surface area contributed by atoms with E-state index in [4.69, 9.17) is 14.3 Å². The lowest BCUT2D eigenvalue weighted by atomic mass is 9.89. The van der Waals surface area contributed by atoms with Gasteiger partial charge in [-0.3, -0.25) is 4.79 Å². The van der Waals surface area contributed by atoms with Crippen molar-refractivity contribution in [2.75, 3.05) is 6.61 Å². The van der Waals surface area contributed by atoms with E-state index in [0.29, 0.717) is 12.2 Å². The molecule has 7 nitrogen and oxygen atoms in total. The first kappa shape index (κ1) is 30.5. The third-order valence-corrected chi connectivity index (χ3v) is 7.94. The van der Waals surface area contributed by atoms with Gasteiger partial charge in [0.05, 0.1) is 12.0 Å². The monoisotopic (exact) mass is 561 g/mol. The number of hydrogen-bond donors (Lipinski definition) is 2. The molecule has 0 saturated carbocycles. The summed E-state index contributed by atoms with van der Waals surface area (Å²) in [5, 5.41) is 20.9. The topological polar surface area (TPSA) is 100 Å². The molecule has 41 heavy (non-hydrogen) atoms. The van der Waals surface area contributed by atoms with Gasteiger partial charge in [-0.15, -0.1) is 0 Å². The molecule has 0 aliphatic carbocycles. The number of hydrogen-bond acceptors (Lipinski definition) is 6. The number of aryl methyl sites for hydroxylation is 2. The maximum atomic E-state index is 14.1. The minimum absolute atomic E-state index is 0.0103. The lowest BCUT2D eigenvalue weighted by molar-refractivity contribution is -0.138. The molecule has 220 valence electrons. The number of unbranched alkanes of at least 4 members (excludes halogenated alkanes) is 3. The molecule has 1 saturated heterocycles. The maximum Gasteiger partial charge on any atom is 0.417 e. The van der Waals surface area contributed by atoms with Crippen LogP contribution in [0, 0.1) is 18.8 Å². The molecule has 0 bridgehead atoms. The molecule has 0 unspecified atom stereocenters. The van der Waals surface area contributed by atoms with E-state index in [2.05, 4.69) is 6.07 Å². The standard InChI is InChI=1S/C34H43NO6/c1-22(2)31-24(4)40-34(39)35(31)33(38)28(20-25-14-8-7-9-15-25)32(37)30-21-27(26-16-12-13-23(3)19-26)29(41-30)17-10-5-6-11-18-36/h7-9,12-16,19,21-22,24,28,31-32,36-37H,5-6,10-11,17-18,20H2,1-4H3/t24-,28+,31+,32-/m1/s1. The molecule has 1 aliphatic heterocycles. The summed E-state index contributed by atoms with van der Waals surface area (Å²) in [5.74, 6) is -0.362. The minimum Gasteiger partial charge on any atom is -0.463 e. The quantitative estimate of drug-likeness (QED) is 0.227. The van der Waals surface area contributed by atoms with Gasteiger partial charge in [-0.25, -0.2) is 9.69 Å². The summed E-state index contributed by atoms with van der Waals surface area (Å²) in [4.78, 5) is 28.2. The molecule has 4 atom stereocenters. The predicted octanol–water partition coefficient (Wildman–Crippen LogP) is 6.63. The molecule has 7 heteroatoms. The molecule has 2 heterocycles. The van der Waals surface area contributed by atoms with Gasteiger partial charge in [0, 0.05) is 18.6 Å². The smallest absolute Gasteiger partial charge is 0.417 e. The summed E-state index contributed by atoms with van der Waals surface area (Å²) in [6.45, 7) is 7.93. The van der Waals surface area contributed by atoms with E-state index in [9.17, 15) is 14.7 Å². The Labute approximate surface area is 243 Å². The lowest BCUT2D eigenvalue weighted by Crippen LogP contribution is -2.48. The van der Waals surface area contributed by atoms with Crippen molar-refractivity contribution in [1.29, 1.82) is 0 Å². The first-order valence-corrected chi connectivity index (χ1v) is 14.8. The second-order valence-corrected chi connectivity index (χ2v) is 11.5. The van der Waals surface area contributed by atoms with E-state index >= 15 is 0 Å². The molecule has 4 rings (SSSR count). The number of aliphatic hydroxyl groups is 2. The zero-order valence-electron chi connectivity index (χ0n) is 24.6. The molecule has 2 N–H and O–H groups in total. The van der Waals surface area contributed by atoms with Crippen LogP contribution in [0.4, 0.5) is 4.79 Å². The highest BCUT2D eigenvalue weighted by molar-refractivity contribution is 5.95. The lowest BCUT2D eigenvalue weighted by Gasteiger charge is -2.30. The van der Waals surface area contributed by atoms with Crippen LogP contribution in [0.15, 0.2) is 65.1 Å². The minimum atomic E-state index is -1.27. The van der Waals surface area contributed by atoms with Crippen molar-refractivity contribution in [2.45, 2.75) is 84.5 Å². The van der Waals surface area contributed by atoms with Gasteiger partial charge in [-0.05, 0) is 56.2 Å². The van der Waals surface area contributed by atoms with Gasteiger partial charge in [0.25, 0.3) is 0 Å².